The van der Waals surface area contributed by atoms with E-state index >= 15 is 0 Å². The number of aliphatic carboxylic acids is 1. The fourth-order valence-electron chi connectivity index (χ4n) is 6.76. The van der Waals surface area contributed by atoms with E-state index < -0.39 is 30.0 Å². The molecule has 8 atom stereocenters. The summed E-state index contributed by atoms with van der Waals surface area (Å²) in [6.07, 6.45) is 1.22. The van der Waals surface area contributed by atoms with E-state index in [9.17, 15) is 24.3 Å². The van der Waals surface area contributed by atoms with Crippen molar-refractivity contribution in [2.45, 2.75) is 111 Å². The van der Waals surface area contributed by atoms with E-state index in [2.05, 4.69) is 6.92 Å². The molecule has 1 fully saturated rings. The third-order valence-electron chi connectivity index (χ3n) is 9.30. The monoisotopic (exact) mass is 597 g/mol. The van der Waals surface area contributed by atoms with Gasteiger partial charge in [0, 0.05) is 40.2 Å². The molecule has 0 bridgehead atoms. The molecule has 1 aliphatic heterocycles. The molecule has 2 amide bonds. The van der Waals surface area contributed by atoms with Gasteiger partial charge >= 0.3 is 5.97 Å². The first-order valence-electron chi connectivity index (χ1n) is 15.6. The molecule has 42 heavy (non-hydrogen) atoms. The summed E-state index contributed by atoms with van der Waals surface area (Å²) in [6.45, 7) is 14.2. The van der Waals surface area contributed by atoms with E-state index in [0.29, 0.717) is 13.0 Å². The quantitative estimate of drug-likeness (QED) is 0.254. The van der Waals surface area contributed by atoms with Gasteiger partial charge in [0.25, 0.3) is 0 Å². The number of carboxylic acids is 1. The molecular weight excluding hydrogens is 538 g/mol. The van der Waals surface area contributed by atoms with Gasteiger partial charge in [-0.2, -0.15) is 0 Å². The topological polar surface area (TPSA) is 117 Å². The number of methoxy groups -OCH3 is 2. The lowest BCUT2D eigenvalue weighted by Crippen LogP contribution is -2.54. The van der Waals surface area contributed by atoms with Gasteiger partial charge in [-0.3, -0.25) is 24.1 Å². The lowest BCUT2D eigenvalue weighted by molar-refractivity contribution is -0.152. The Kier molecular flexibility index (Phi) is 15.6. The van der Waals surface area contributed by atoms with E-state index in [0.717, 1.165) is 12.8 Å². The maximum atomic E-state index is 14.1. The molecule has 10 nitrogen and oxygen atoms in total. The van der Waals surface area contributed by atoms with Crippen molar-refractivity contribution in [3.8, 4) is 0 Å². The minimum absolute atomic E-state index is 0.0264. The molecule has 0 aromatic heterocycles. The SMILES string of the molecule is CC[C@H](C)[C@@H]([C@@H](CC(=O)N1CCC[C@H]1[C@H](OC)[C@@H](C)C(=O)O)OC)N(C)C(=O)[C@@H](CC(=O)[C@H](C(C)C)N(C)C)C(C)C. The highest BCUT2D eigenvalue weighted by Gasteiger charge is 2.43. The fraction of sp³-hybridized carbons (Fsp3) is 0.875. The average Bonchev–Trinajstić information content (AvgIpc) is 3.39. The first-order valence-corrected chi connectivity index (χ1v) is 15.6. The van der Waals surface area contributed by atoms with Crippen molar-refractivity contribution in [3.63, 3.8) is 0 Å². The van der Waals surface area contributed by atoms with Crippen LogP contribution in [0.3, 0.4) is 0 Å². The molecule has 244 valence electrons. The Bertz CT molecular complexity index is 885. The summed E-state index contributed by atoms with van der Waals surface area (Å²) in [4.78, 5) is 58.2. The minimum Gasteiger partial charge on any atom is -0.481 e. The zero-order valence-corrected chi connectivity index (χ0v) is 28.3. The number of carboxylic acid groups (broad SMARTS) is 1. The second-order valence-corrected chi connectivity index (χ2v) is 13.1. The molecular formula is C32H59N3O7. The van der Waals surface area contributed by atoms with E-state index in [1.807, 2.05) is 53.6 Å². The largest absolute Gasteiger partial charge is 0.481 e. The van der Waals surface area contributed by atoms with Gasteiger partial charge in [0.2, 0.25) is 11.8 Å². The Morgan fingerprint density at radius 1 is 0.929 bits per heavy atom. The van der Waals surface area contributed by atoms with Crippen LogP contribution in [0.2, 0.25) is 0 Å². The highest BCUT2D eigenvalue weighted by molar-refractivity contribution is 5.90. The van der Waals surface area contributed by atoms with Crippen LogP contribution in [-0.2, 0) is 28.7 Å². The predicted molar refractivity (Wildman–Crippen MR) is 164 cm³/mol. The highest BCUT2D eigenvalue weighted by atomic mass is 16.5. The maximum absolute atomic E-state index is 14.1. The highest BCUT2D eigenvalue weighted by Crippen LogP contribution is 2.30. The molecule has 0 unspecified atom stereocenters. The molecule has 1 saturated heterocycles. The number of carbonyl (C=O) groups excluding carboxylic acids is 3. The normalized spacial score (nSPS) is 20.7. The lowest BCUT2D eigenvalue weighted by Gasteiger charge is -2.41. The van der Waals surface area contributed by atoms with Crippen LogP contribution in [0.4, 0.5) is 0 Å². The summed E-state index contributed by atoms with van der Waals surface area (Å²) in [5.74, 6) is -2.32. The number of Topliss-reactive ketones (excluding diaryl/α,β-unsaturated/α-hetero) is 1. The van der Waals surface area contributed by atoms with Crippen molar-refractivity contribution >= 4 is 23.6 Å². The molecule has 1 rings (SSSR count). The van der Waals surface area contributed by atoms with Crippen molar-refractivity contribution < 1.29 is 33.8 Å². The second kappa shape index (κ2) is 17.3. The first-order chi connectivity index (χ1) is 19.5. The number of carbonyl (C=O) groups is 4. The Morgan fingerprint density at radius 3 is 1.95 bits per heavy atom. The summed E-state index contributed by atoms with van der Waals surface area (Å²) in [7, 11) is 8.59. The molecule has 1 heterocycles. The van der Waals surface area contributed by atoms with Crippen LogP contribution in [0, 0.1) is 29.6 Å². The van der Waals surface area contributed by atoms with E-state index in [4.69, 9.17) is 9.47 Å². The van der Waals surface area contributed by atoms with Gasteiger partial charge in [-0.05, 0) is 51.6 Å². The summed E-state index contributed by atoms with van der Waals surface area (Å²) in [5.41, 5.74) is 0. The van der Waals surface area contributed by atoms with Gasteiger partial charge in [0.1, 0.15) is 0 Å². The number of nitrogens with zero attached hydrogens (tertiary/aromatic N) is 3. The average molecular weight is 598 g/mol. The first kappa shape index (κ1) is 38.0. The van der Waals surface area contributed by atoms with Gasteiger partial charge in [0.15, 0.2) is 5.78 Å². The third-order valence-corrected chi connectivity index (χ3v) is 9.30. The molecule has 0 saturated carbocycles. The van der Waals surface area contributed by atoms with Crippen molar-refractivity contribution in [1.29, 1.82) is 0 Å². The van der Waals surface area contributed by atoms with Crippen LogP contribution in [0.1, 0.15) is 80.6 Å². The molecule has 0 radical (unpaired) electrons. The smallest absolute Gasteiger partial charge is 0.308 e. The molecule has 10 heteroatoms. The number of likely N-dealkylation sites (N-methyl/N-ethyl adjacent to an activating group) is 2. The summed E-state index contributed by atoms with van der Waals surface area (Å²) >= 11 is 0. The molecule has 0 aromatic carbocycles. The second-order valence-electron chi connectivity index (χ2n) is 13.1. The Labute approximate surface area is 254 Å². The van der Waals surface area contributed by atoms with Crippen molar-refractivity contribution in [3.05, 3.63) is 0 Å². The summed E-state index contributed by atoms with van der Waals surface area (Å²) in [6, 6.07) is -0.999. The number of hydrogen-bond donors (Lipinski definition) is 1. The fourth-order valence-corrected chi connectivity index (χ4v) is 6.76. The van der Waals surface area contributed by atoms with Crippen LogP contribution in [0.5, 0.6) is 0 Å². The van der Waals surface area contributed by atoms with Crippen molar-refractivity contribution in [2.75, 3.05) is 41.9 Å². The van der Waals surface area contributed by atoms with Gasteiger partial charge in [-0.25, -0.2) is 0 Å². The number of likely N-dealkylation sites (tertiary alicyclic amines) is 1. The standard InChI is InChI=1S/C32H59N3O7/c1-13-21(6)29(34(10)31(38)23(19(2)3)17-25(36)28(20(4)5)33(8)9)26(41-11)18-27(37)35-16-14-15-24(35)30(42-12)22(7)32(39)40/h19-24,26,28-30H,13-18H2,1-12H3,(H,39,40)/t21-,22+,23-,24-,26+,28-,29-,30+/m0/s1. The van der Waals surface area contributed by atoms with E-state index in [-0.39, 0.29) is 66.3 Å². The van der Waals surface area contributed by atoms with Gasteiger partial charge in [-0.1, -0.05) is 48.0 Å². The number of ketones is 1. The van der Waals surface area contributed by atoms with Crippen LogP contribution >= 0.6 is 0 Å². The number of hydrogen-bond acceptors (Lipinski definition) is 7. The zero-order valence-electron chi connectivity index (χ0n) is 28.3. The van der Waals surface area contributed by atoms with Crippen LogP contribution < -0.4 is 0 Å². The summed E-state index contributed by atoms with van der Waals surface area (Å²) in [5, 5.41) is 9.58. The van der Waals surface area contributed by atoms with Gasteiger partial charge in [-0.15, -0.1) is 0 Å². The van der Waals surface area contributed by atoms with Crippen LogP contribution in [0.15, 0.2) is 0 Å². The van der Waals surface area contributed by atoms with Gasteiger partial charge < -0.3 is 24.4 Å². The molecule has 1 aliphatic rings. The Balaban J connectivity index is 3.26. The molecule has 1 N–H and O–H groups in total. The number of amides is 2. The van der Waals surface area contributed by atoms with Crippen molar-refractivity contribution in [1.82, 2.24) is 14.7 Å². The Hall–Kier alpha value is -2.04. The molecule has 0 spiro atoms. The maximum Gasteiger partial charge on any atom is 0.308 e. The minimum atomic E-state index is -0.962. The van der Waals surface area contributed by atoms with Crippen LogP contribution in [-0.4, -0.2) is 116 Å². The zero-order chi connectivity index (χ0) is 32.5. The number of ether oxygens (including phenoxy) is 2. The molecule has 0 aliphatic carbocycles. The van der Waals surface area contributed by atoms with Crippen molar-refractivity contribution in [2.24, 2.45) is 29.6 Å². The van der Waals surface area contributed by atoms with E-state index in [1.54, 1.807) is 30.9 Å². The third kappa shape index (κ3) is 9.48. The predicted octanol–water partition coefficient (Wildman–Crippen LogP) is 3.81. The van der Waals surface area contributed by atoms with Crippen LogP contribution in [0.25, 0.3) is 0 Å². The lowest BCUT2D eigenvalue weighted by atomic mass is 9.83. The molecule has 0 aromatic rings. The van der Waals surface area contributed by atoms with E-state index in [1.165, 1.54) is 7.11 Å². The Morgan fingerprint density at radius 2 is 1.52 bits per heavy atom. The summed E-state index contributed by atoms with van der Waals surface area (Å²) < 4.78 is 11.5. The van der Waals surface area contributed by atoms with Gasteiger partial charge in [0.05, 0.1) is 42.7 Å². The number of rotatable bonds is 18.